The van der Waals surface area contributed by atoms with Gasteiger partial charge in [0, 0.05) is 86.5 Å². The Kier molecular flexibility index (Phi) is 8.17. The van der Waals surface area contributed by atoms with Crippen LogP contribution in [0.5, 0.6) is 0 Å². The predicted octanol–water partition coefficient (Wildman–Crippen LogP) is 4.51. The molecule has 2 amide bonds. The molecule has 0 spiro atoms. The average molecular weight is 603 g/mol. The van der Waals surface area contributed by atoms with Crippen molar-refractivity contribution in [3.8, 4) is 0 Å². The van der Waals surface area contributed by atoms with Gasteiger partial charge in [0.05, 0.1) is 11.4 Å². The second kappa shape index (κ2) is 12.7. The number of anilines is 2. The van der Waals surface area contributed by atoms with Crippen LogP contribution in [-0.2, 0) is 13.1 Å². The summed E-state index contributed by atoms with van der Waals surface area (Å²) in [5, 5.41) is 6.34. The topological polar surface area (TPSA) is 99.6 Å². The molecule has 3 aliphatic rings. The van der Waals surface area contributed by atoms with Crippen molar-refractivity contribution in [3.05, 3.63) is 124 Å². The van der Waals surface area contributed by atoms with Crippen LogP contribution in [0.2, 0.25) is 0 Å². The van der Waals surface area contributed by atoms with E-state index in [1.54, 1.807) is 36.7 Å². The van der Waals surface area contributed by atoms with Gasteiger partial charge >= 0.3 is 0 Å². The minimum atomic E-state index is -0.254. The van der Waals surface area contributed by atoms with Gasteiger partial charge in [0.2, 0.25) is 0 Å². The lowest BCUT2D eigenvalue weighted by Crippen LogP contribution is -2.47. The van der Waals surface area contributed by atoms with Gasteiger partial charge in [-0.2, -0.15) is 0 Å². The Balaban J connectivity index is 1.09. The molecule has 0 unspecified atom stereocenters. The fourth-order valence-electron chi connectivity index (χ4n) is 7.19. The first kappa shape index (κ1) is 29.0. The lowest BCUT2D eigenvalue weighted by atomic mass is 9.83. The van der Waals surface area contributed by atoms with Crippen LogP contribution in [0.1, 0.15) is 57.2 Å². The number of likely N-dealkylation sites (tertiary alicyclic amines) is 1. The number of hydrogen-bond donors (Lipinski definition) is 2. The molecule has 2 bridgehead atoms. The molecule has 0 aliphatic carbocycles. The number of nitrogens with zero attached hydrogens (tertiary/aromatic N) is 4. The highest BCUT2D eigenvalue weighted by Gasteiger charge is 2.35. The number of carbonyl (C=O) groups excluding carboxylic acids is 2. The highest BCUT2D eigenvalue weighted by atomic mass is 16.2. The largest absolute Gasteiger partial charge is 0.369 e. The zero-order chi connectivity index (χ0) is 30.8. The minimum absolute atomic E-state index is 0.0539. The lowest BCUT2D eigenvalue weighted by molar-refractivity contribution is 0.0908. The number of fused-ring (bicyclic) bond motifs is 4. The number of pyridine rings is 2. The second-order valence-electron chi connectivity index (χ2n) is 12.5. The molecule has 2 aromatic heterocycles. The van der Waals surface area contributed by atoms with Crippen LogP contribution >= 0.6 is 0 Å². The molecule has 2 aromatic carbocycles. The Morgan fingerprint density at radius 3 is 2.42 bits per heavy atom. The van der Waals surface area contributed by atoms with E-state index in [0.29, 0.717) is 29.3 Å². The summed E-state index contributed by atoms with van der Waals surface area (Å²) in [5.74, 6) is 0.143. The molecule has 9 heteroatoms. The first-order valence-corrected chi connectivity index (χ1v) is 15.9. The molecule has 0 saturated carbocycles. The van der Waals surface area contributed by atoms with E-state index in [-0.39, 0.29) is 29.3 Å². The minimum Gasteiger partial charge on any atom is -0.369 e. The lowest BCUT2D eigenvalue weighted by Gasteiger charge is -2.44. The fraction of sp³-hybridized carbons (Fsp3) is 0.333. The Hall–Kier alpha value is -4.76. The van der Waals surface area contributed by atoms with E-state index < -0.39 is 0 Å². The molecule has 2 N–H and O–H groups in total. The third-order valence-electron chi connectivity index (χ3n) is 9.44. The Labute approximate surface area is 262 Å². The fourth-order valence-corrected chi connectivity index (χ4v) is 7.19. The highest BCUT2D eigenvalue weighted by Crippen LogP contribution is 2.39. The van der Waals surface area contributed by atoms with Crippen molar-refractivity contribution in [3.63, 3.8) is 0 Å². The summed E-state index contributed by atoms with van der Waals surface area (Å²) in [4.78, 5) is 48.1. The van der Waals surface area contributed by atoms with Crippen LogP contribution in [0.25, 0.3) is 0 Å². The van der Waals surface area contributed by atoms with E-state index in [2.05, 4.69) is 55.7 Å². The quantitative estimate of drug-likeness (QED) is 0.323. The van der Waals surface area contributed by atoms with Crippen molar-refractivity contribution in [1.29, 1.82) is 0 Å². The summed E-state index contributed by atoms with van der Waals surface area (Å²) in [7, 11) is 0. The van der Waals surface area contributed by atoms with Crippen LogP contribution in [0.3, 0.4) is 0 Å². The smallest absolute Gasteiger partial charge is 0.255 e. The molecule has 7 rings (SSSR count). The van der Waals surface area contributed by atoms with E-state index in [9.17, 15) is 14.4 Å². The maximum atomic E-state index is 13.5. The standard InChI is InChI=1S/C36H38N6O3/c43-34-8-4-7-32-29-19-26(23-42(32)34)22-41(24-29)33-10-9-28(20-31(33)39-35(44)27-11-15-37-16-12-27)36(45)38-30-13-17-40(18-14-30)21-25-5-2-1-3-6-25/h1-12,15-16,20,26,29-30H,13-14,17-19,21-24H2,(H,38,45)(H,39,44)/t26-,29+/m1/s1. The van der Waals surface area contributed by atoms with Gasteiger partial charge in [-0.05, 0) is 67.1 Å². The summed E-state index contributed by atoms with van der Waals surface area (Å²) in [6.07, 6.45) is 6.00. The number of carbonyl (C=O) groups is 2. The third-order valence-corrected chi connectivity index (χ3v) is 9.44. The van der Waals surface area contributed by atoms with E-state index in [4.69, 9.17) is 0 Å². The second-order valence-corrected chi connectivity index (χ2v) is 12.5. The molecule has 3 aliphatic heterocycles. The van der Waals surface area contributed by atoms with Crippen molar-refractivity contribution in [2.24, 2.45) is 5.92 Å². The van der Waals surface area contributed by atoms with Crippen LogP contribution in [-0.4, -0.2) is 58.5 Å². The Bertz CT molecular complexity index is 1730. The van der Waals surface area contributed by atoms with Crippen molar-refractivity contribution in [2.45, 2.75) is 44.3 Å². The van der Waals surface area contributed by atoms with Gasteiger partial charge in [-0.15, -0.1) is 0 Å². The van der Waals surface area contributed by atoms with Crippen molar-refractivity contribution in [2.75, 3.05) is 36.4 Å². The molecule has 5 heterocycles. The normalized spacial score (nSPS) is 19.9. The molecular weight excluding hydrogens is 564 g/mol. The SMILES string of the molecule is O=C(Nc1cc(C(=O)NC2CCN(Cc3ccccc3)CC2)ccc1N1C[C@H]2C[C@@H](C1)c1cccc(=O)n1C2)c1ccncc1. The number of rotatable bonds is 7. The van der Waals surface area contributed by atoms with Crippen LogP contribution in [0.4, 0.5) is 11.4 Å². The summed E-state index contributed by atoms with van der Waals surface area (Å²) in [6.45, 7) is 4.96. The van der Waals surface area contributed by atoms with Crippen molar-refractivity contribution >= 4 is 23.2 Å². The molecular formula is C36H38N6O3. The molecule has 2 atom stereocenters. The number of benzene rings is 2. The number of hydrogen-bond acceptors (Lipinski definition) is 6. The number of nitrogens with one attached hydrogen (secondary N) is 2. The zero-order valence-corrected chi connectivity index (χ0v) is 25.3. The molecule has 2 saturated heterocycles. The molecule has 9 nitrogen and oxygen atoms in total. The van der Waals surface area contributed by atoms with E-state index in [1.165, 1.54) is 5.56 Å². The van der Waals surface area contributed by atoms with Gasteiger partial charge in [0.15, 0.2) is 0 Å². The van der Waals surface area contributed by atoms with E-state index >= 15 is 0 Å². The summed E-state index contributed by atoms with van der Waals surface area (Å²) < 4.78 is 1.92. The maximum absolute atomic E-state index is 13.5. The van der Waals surface area contributed by atoms with Gasteiger partial charge in [0.25, 0.3) is 17.4 Å². The van der Waals surface area contributed by atoms with Gasteiger partial charge in [0.1, 0.15) is 0 Å². The number of piperidine rings is 2. The first-order valence-electron chi connectivity index (χ1n) is 15.9. The maximum Gasteiger partial charge on any atom is 0.255 e. The molecule has 0 radical (unpaired) electrons. The number of amides is 2. The monoisotopic (exact) mass is 602 g/mol. The van der Waals surface area contributed by atoms with Gasteiger partial charge < -0.3 is 20.1 Å². The number of aromatic nitrogens is 2. The molecule has 2 fully saturated rings. The predicted molar refractivity (Wildman–Crippen MR) is 175 cm³/mol. The van der Waals surface area contributed by atoms with Gasteiger partial charge in [-0.3, -0.25) is 24.3 Å². The Morgan fingerprint density at radius 1 is 0.822 bits per heavy atom. The van der Waals surface area contributed by atoms with Crippen LogP contribution < -0.4 is 21.1 Å². The zero-order valence-electron chi connectivity index (χ0n) is 25.3. The summed E-state index contributed by atoms with van der Waals surface area (Å²) in [5.41, 5.74) is 4.92. The van der Waals surface area contributed by atoms with E-state index in [1.807, 2.05) is 28.8 Å². The van der Waals surface area contributed by atoms with Crippen molar-refractivity contribution in [1.82, 2.24) is 19.8 Å². The van der Waals surface area contributed by atoms with Crippen LogP contribution in [0.15, 0.2) is 96.1 Å². The van der Waals surface area contributed by atoms with E-state index in [0.717, 1.165) is 63.4 Å². The average Bonchev–Trinajstić information content (AvgIpc) is 3.07. The van der Waals surface area contributed by atoms with Gasteiger partial charge in [-0.1, -0.05) is 36.4 Å². The third kappa shape index (κ3) is 6.40. The van der Waals surface area contributed by atoms with Gasteiger partial charge in [-0.25, -0.2) is 0 Å². The summed E-state index contributed by atoms with van der Waals surface area (Å²) >= 11 is 0. The molecule has 4 aromatic rings. The first-order chi connectivity index (χ1) is 22.0. The summed E-state index contributed by atoms with van der Waals surface area (Å²) in [6, 6.07) is 25.1. The molecule has 45 heavy (non-hydrogen) atoms. The highest BCUT2D eigenvalue weighted by molar-refractivity contribution is 6.07. The van der Waals surface area contributed by atoms with Crippen molar-refractivity contribution < 1.29 is 9.59 Å². The Morgan fingerprint density at radius 2 is 1.62 bits per heavy atom. The molecule has 230 valence electrons. The van der Waals surface area contributed by atoms with Crippen LogP contribution in [0, 0.1) is 5.92 Å².